The highest BCUT2D eigenvalue weighted by atomic mass is 16.5. The maximum Gasteiger partial charge on any atom is 0.323 e. The summed E-state index contributed by atoms with van der Waals surface area (Å²) in [5, 5.41) is 6.53. The number of hydrogen-bond acceptors (Lipinski definition) is 6. The fourth-order valence-corrected chi connectivity index (χ4v) is 4.41. The Balaban J connectivity index is 1.35. The number of nitrogens with zero attached hydrogens (tertiary/aromatic N) is 1. The zero-order valence-corrected chi connectivity index (χ0v) is 23.4. The minimum atomic E-state index is -0.372. The highest BCUT2D eigenvalue weighted by Crippen LogP contribution is 2.39. The van der Waals surface area contributed by atoms with Gasteiger partial charge in [-0.1, -0.05) is 42.5 Å². The molecule has 0 unspecified atom stereocenters. The van der Waals surface area contributed by atoms with Gasteiger partial charge < -0.3 is 29.6 Å². The van der Waals surface area contributed by atoms with E-state index in [1.807, 2.05) is 86.6 Å². The molecule has 2 N–H and O–H groups in total. The third kappa shape index (κ3) is 6.17. The number of hydrogen-bond donors (Lipinski definition) is 2. The summed E-state index contributed by atoms with van der Waals surface area (Å²) >= 11 is 0. The Morgan fingerprint density at radius 1 is 0.707 bits per heavy atom. The van der Waals surface area contributed by atoms with E-state index in [9.17, 15) is 4.79 Å². The fraction of sp³-hybridized carbons (Fsp3) is 0.152. The van der Waals surface area contributed by atoms with E-state index >= 15 is 0 Å². The molecule has 4 aromatic carbocycles. The van der Waals surface area contributed by atoms with Crippen molar-refractivity contribution in [1.29, 1.82) is 0 Å². The molecule has 2 amide bonds. The van der Waals surface area contributed by atoms with E-state index in [1.165, 1.54) is 0 Å². The van der Waals surface area contributed by atoms with Gasteiger partial charge in [-0.2, -0.15) is 0 Å². The van der Waals surface area contributed by atoms with Gasteiger partial charge in [0, 0.05) is 23.3 Å². The number of para-hydroxylation sites is 2. The van der Waals surface area contributed by atoms with Crippen LogP contribution < -0.4 is 29.6 Å². The summed E-state index contributed by atoms with van der Waals surface area (Å²) in [5.74, 6) is 3.05. The minimum Gasteiger partial charge on any atom is -0.495 e. The third-order valence-corrected chi connectivity index (χ3v) is 6.78. The van der Waals surface area contributed by atoms with E-state index in [2.05, 4.69) is 15.6 Å². The molecule has 0 radical (unpaired) electrons. The zero-order chi connectivity index (χ0) is 28.8. The first-order valence-electron chi connectivity index (χ1n) is 13.1. The Hall–Kier alpha value is -5.24. The molecule has 5 rings (SSSR count). The quantitative estimate of drug-likeness (QED) is 0.194. The molecule has 1 aromatic heterocycles. The van der Waals surface area contributed by atoms with E-state index in [0.29, 0.717) is 52.2 Å². The van der Waals surface area contributed by atoms with Crippen LogP contribution in [-0.2, 0) is 6.61 Å². The topological polar surface area (TPSA) is 90.9 Å². The van der Waals surface area contributed by atoms with Crippen molar-refractivity contribution in [3.63, 3.8) is 0 Å². The van der Waals surface area contributed by atoms with Gasteiger partial charge in [-0.3, -0.25) is 4.98 Å². The molecule has 8 heteroatoms. The highest BCUT2D eigenvalue weighted by molar-refractivity contribution is 6.01. The Bertz CT molecular complexity index is 1690. The van der Waals surface area contributed by atoms with Gasteiger partial charge in [0.1, 0.15) is 23.9 Å². The molecule has 5 aromatic rings. The van der Waals surface area contributed by atoms with E-state index in [0.717, 1.165) is 22.1 Å². The van der Waals surface area contributed by atoms with Crippen LogP contribution >= 0.6 is 0 Å². The molecule has 0 saturated carbocycles. The highest BCUT2D eigenvalue weighted by Gasteiger charge is 2.16. The van der Waals surface area contributed by atoms with Crippen molar-refractivity contribution in [2.75, 3.05) is 24.9 Å². The van der Waals surface area contributed by atoms with Crippen LogP contribution in [-0.4, -0.2) is 25.2 Å². The number of ether oxygens (including phenoxy) is 4. The second-order valence-corrected chi connectivity index (χ2v) is 9.35. The largest absolute Gasteiger partial charge is 0.495 e. The van der Waals surface area contributed by atoms with Gasteiger partial charge in [0.05, 0.1) is 25.4 Å². The molecule has 0 atom stereocenters. The van der Waals surface area contributed by atoms with Crippen molar-refractivity contribution < 1.29 is 23.7 Å². The molecular weight excluding hydrogens is 518 g/mol. The Morgan fingerprint density at radius 3 is 2.22 bits per heavy atom. The van der Waals surface area contributed by atoms with E-state index in [4.69, 9.17) is 18.9 Å². The number of aromatic nitrogens is 1. The summed E-state index contributed by atoms with van der Waals surface area (Å²) in [7, 11) is 3.17. The third-order valence-electron chi connectivity index (χ3n) is 6.78. The molecule has 0 aliphatic rings. The summed E-state index contributed by atoms with van der Waals surface area (Å²) < 4.78 is 23.4. The number of pyridine rings is 1. The van der Waals surface area contributed by atoms with Crippen LogP contribution in [0.4, 0.5) is 16.2 Å². The first kappa shape index (κ1) is 27.3. The van der Waals surface area contributed by atoms with Crippen LogP contribution in [0.1, 0.15) is 16.7 Å². The summed E-state index contributed by atoms with van der Waals surface area (Å²) in [6.45, 7) is 4.30. The van der Waals surface area contributed by atoms with Gasteiger partial charge in [0.15, 0.2) is 11.5 Å². The Morgan fingerprint density at radius 2 is 1.44 bits per heavy atom. The number of anilines is 2. The van der Waals surface area contributed by atoms with Gasteiger partial charge in [0.25, 0.3) is 0 Å². The summed E-state index contributed by atoms with van der Waals surface area (Å²) in [5.41, 5.74) is 4.79. The number of carbonyl (C=O) groups excluding carboxylic acids is 1. The maximum atomic E-state index is 12.7. The number of amides is 2. The molecule has 0 aliphatic heterocycles. The van der Waals surface area contributed by atoms with Crippen molar-refractivity contribution in [3.8, 4) is 28.7 Å². The van der Waals surface area contributed by atoms with E-state index in [1.54, 1.807) is 32.5 Å². The van der Waals surface area contributed by atoms with Gasteiger partial charge >= 0.3 is 6.03 Å². The average molecular weight is 550 g/mol. The van der Waals surface area contributed by atoms with Crippen LogP contribution in [0, 0.1) is 13.8 Å². The molecule has 0 saturated heterocycles. The van der Waals surface area contributed by atoms with Gasteiger partial charge in [-0.05, 0) is 66.9 Å². The van der Waals surface area contributed by atoms with Crippen LogP contribution in [0.15, 0.2) is 91.1 Å². The van der Waals surface area contributed by atoms with E-state index in [-0.39, 0.29) is 6.03 Å². The molecule has 0 bridgehead atoms. The second-order valence-electron chi connectivity index (χ2n) is 9.35. The number of urea groups is 1. The van der Waals surface area contributed by atoms with Crippen LogP contribution in [0.25, 0.3) is 10.9 Å². The number of fused-ring (bicyclic) bond motifs is 1. The predicted molar refractivity (Wildman–Crippen MR) is 161 cm³/mol. The van der Waals surface area contributed by atoms with Crippen molar-refractivity contribution in [1.82, 2.24) is 4.98 Å². The maximum absolute atomic E-state index is 12.7. The van der Waals surface area contributed by atoms with E-state index < -0.39 is 0 Å². The number of rotatable bonds is 9. The normalized spacial score (nSPS) is 10.6. The van der Waals surface area contributed by atoms with Crippen molar-refractivity contribution in [2.45, 2.75) is 20.5 Å². The number of nitrogens with one attached hydrogen (secondary N) is 2. The zero-order valence-electron chi connectivity index (χ0n) is 23.4. The second kappa shape index (κ2) is 12.3. The molecule has 0 aliphatic carbocycles. The molecule has 1 heterocycles. The average Bonchev–Trinajstić information content (AvgIpc) is 3.00. The predicted octanol–water partition coefficient (Wildman–Crippen LogP) is 7.88. The lowest BCUT2D eigenvalue weighted by Gasteiger charge is -2.17. The van der Waals surface area contributed by atoms with Crippen molar-refractivity contribution in [2.24, 2.45) is 0 Å². The lowest BCUT2D eigenvalue weighted by Crippen LogP contribution is -2.20. The van der Waals surface area contributed by atoms with Gasteiger partial charge in [0.2, 0.25) is 0 Å². The standard InChI is InChI=1S/C33H31N3O5/c1-21-22(2)28(15-14-25(21)35-33(37)36-26-12-8-9-13-30(26)38-3)41-29-16-17-34-27-19-32(31(39-4)18-24(27)29)40-20-23-10-6-5-7-11-23/h5-19H,20H2,1-4H3,(H2,35,36,37). The molecule has 0 spiro atoms. The Labute approximate surface area is 238 Å². The van der Waals surface area contributed by atoms with Crippen molar-refractivity contribution in [3.05, 3.63) is 108 Å². The molecule has 208 valence electrons. The first-order chi connectivity index (χ1) is 20.0. The molecule has 0 fully saturated rings. The van der Waals surface area contributed by atoms with Crippen molar-refractivity contribution >= 4 is 28.3 Å². The lowest BCUT2D eigenvalue weighted by molar-refractivity contribution is 0.262. The van der Waals surface area contributed by atoms with Crippen LogP contribution in [0.5, 0.6) is 28.7 Å². The summed E-state index contributed by atoms with van der Waals surface area (Å²) in [4.78, 5) is 17.2. The smallest absolute Gasteiger partial charge is 0.323 e. The number of benzene rings is 4. The monoisotopic (exact) mass is 549 g/mol. The van der Waals surface area contributed by atoms with Gasteiger partial charge in [-0.15, -0.1) is 0 Å². The first-order valence-corrected chi connectivity index (χ1v) is 13.1. The molecular formula is C33H31N3O5. The summed E-state index contributed by atoms with van der Waals surface area (Å²) in [6, 6.07) is 26.0. The number of carbonyl (C=O) groups is 1. The van der Waals surface area contributed by atoms with Crippen LogP contribution in [0.2, 0.25) is 0 Å². The number of methoxy groups -OCH3 is 2. The fourth-order valence-electron chi connectivity index (χ4n) is 4.41. The Kier molecular flexibility index (Phi) is 8.20. The molecule has 41 heavy (non-hydrogen) atoms. The SMILES string of the molecule is COc1ccccc1NC(=O)Nc1ccc(Oc2ccnc3cc(OCc4ccccc4)c(OC)cc23)c(C)c1C. The summed E-state index contributed by atoms with van der Waals surface area (Å²) in [6.07, 6.45) is 1.70. The van der Waals surface area contributed by atoms with Gasteiger partial charge in [-0.25, -0.2) is 4.79 Å². The molecule has 8 nitrogen and oxygen atoms in total. The lowest BCUT2D eigenvalue weighted by atomic mass is 10.1. The van der Waals surface area contributed by atoms with Crippen LogP contribution in [0.3, 0.4) is 0 Å². The minimum absolute atomic E-state index is 0.372.